The summed E-state index contributed by atoms with van der Waals surface area (Å²) in [5, 5.41) is 2.85. The van der Waals surface area contributed by atoms with Crippen molar-refractivity contribution in [2.75, 3.05) is 46.4 Å². The van der Waals surface area contributed by atoms with Crippen molar-refractivity contribution < 1.29 is 14.3 Å². The lowest BCUT2D eigenvalue weighted by Crippen LogP contribution is -2.53. The summed E-state index contributed by atoms with van der Waals surface area (Å²) in [5.41, 5.74) is 0. The van der Waals surface area contributed by atoms with E-state index in [2.05, 4.69) is 21.2 Å². The van der Waals surface area contributed by atoms with Gasteiger partial charge >= 0.3 is 0 Å². The lowest BCUT2D eigenvalue weighted by Gasteiger charge is -2.34. The number of carbonyl (C=O) groups is 2. The number of hydrogen-bond acceptors (Lipinski definition) is 4. The van der Waals surface area contributed by atoms with E-state index in [4.69, 9.17) is 4.74 Å². The molecule has 1 saturated heterocycles. The predicted molar refractivity (Wildman–Crippen MR) is 86.7 cm³/mol. The molecule has 1 aromatic carbocycles. The van der Waals surface area contributed by atoms with Gasteiger partial charge in [0.05, 0.1) is 6.54 Å². The van der Waals surface area contributed by atoms with E-state index in [9.17, 15) is 9.59 Å². The third-order valence-electron chi connectivity index (χ3n) is 3.49. The van der Waals surface area contributed by atoms with Gasteiger partial charge in [-0.1, -0.05) is 15.9 Å². The smallest absolute Gasteiger partial charge is 0.260 e. The van der Waals surface area contributed by atoms with Crippen LogP contribution in [0, 0.1) is 0 Å². The maximum atomic E-state index is 12.1. The number of carbonyl (C=O) groups excluding carboxylic acids is 2. The van der Waals surface area contributed by atoms with Crippen molar-refractivity contribution in [3.8, 4) is 5.75 Å². The summed E-state index contributed by atoms with van der Waals surface area (Å²) in [5.74, 6) is 0.684. The summed E-state index contributed by atoms with van der Waals surface area (Å²) in [6.07, 6.45) is 0. The van der Waals surface area contributed by atoms with Crippen LogP contribution < -0.4 is 10.1 Å². The highest BCUT2D eigenvalue weighted by atomic mass is 79.9. The van der Waals surface area contributed by atoms with E-state index in [-0.39, 0.29) is 18.4 Å². The summed E-state index contributed by atoms with van der Waals surface area (Å²) in [6.45, 7) is 2.61. The number of ether oxygens (including phenoxy) is 1. The topological polar surface area (TPSA) is 61.9 Å². The molecule has 120 valence electrons. The van der Waals surface area contributed by atoms with Crippen LogP contribution in [0.1, 0.15) is 0 Å². The number of likely N-dealkylation sites (N-methyl/N-ethyl adjacent to an activating group) is 1. The molecule has 0 aliphatic carbocycles. The van der Waals surface area contributed by atoms with Gasteiger partial charge in [0, 0.05) is 30.7 Å². The van der Waals surface area contributed by atoms with Gasteiger partial charge in [0.25, 0.3) is 5.91 Å². The molecule has 0 aromatic heterocycles. The monoisotopic (exact) mass is 369 g/mol. The fourth-order valence-corrected chi connectivity index (χ4v) is 2.50. The zero-order valence-electron chi connectivity index (χ0n) is 12.5. The first-order valence-electron chi connectivity index (χ1n) is 7.18. The van der Waals surface area contributed by atoms with E-state index in [1.54, 1.807) is 16.8 Å². The van der Waals surface area contributed by atoms with Crippen molar-refractivity contribution in [3.63, 3.8) is 0 Å². The van der Waals surface area contributed by atoms with Gasteiger partial charge in [-0.15, -0.1) is 0 Å². The molecule has 2 rings (SSSR count). The minimum absolute atomic E-state index is 0.0199. The number of piperazine rings is 1. The molecular formula is C15H20BrN3O3. The van der Waals surface area contributed by atoms with Gasteiger partial charge in [-0.2, -0.15) is 0 Å². The van der Waals surface area contributed by atoms with E-state index in [1.807, 2.05) is 24.3 Å². The number of rotatable bonds is 5. The zero-order chi connectivity index (χ0) is 15.9. The Kier molecular flexibility index (Phi) is 6.21. The molecule has 6 nitrogen and oxygen atoms in total. The van der Waals surface area contributed by atoms with Crippen LogP contribution in [0.3, 0.4) is 0 Å². The Balaban J connectivity index is 1.75. The zero-order valence-corrected chi connectivity index (χ0v) is 14.1. The Morgan fingerprint density at radius 3 is 2.18 bits per heavy atom. The Bertz CT molecular complexity index is 513. The third-order valence-corrected chi connectivity index (χ3v) is 4.02. The second kappa shape index (κ2) is 8.14. The Morgan fingerprint density at radius 2 is 1.64 bits per heavy atom. The lowest BCUT2D eigenvalue weighted by atomic mass is 10.3. The molecule has 1 aromatic rings. The average Bonchev–Trinajstić information content (AvgIpc) is 2.54. The van der Waals surface area contributed by atoms with Crippen molar-refractivity contribution in [2.45, 2.75) is 0 Å². The SMILES string of the molecule is CNCC(=O)N1CCN(C(=O)COc2ccc(Br)cc2)CC1. The van der Waals surface area contributed by atoms with Crippen molar-refractivity contribution in [1.29, 1.82) is 0 Å². The number of benzene rings is 1. The van der Waals surface area contributed by atoms with E-state index >= 15 is 0 Å². The first-order valence-corrected chi connectivity index (χ1v) is 7.98. The van der Waals surface area contributed by atoms with Gasteiger partial charge in [-0.25, -0.2) is 0 Å². The van der Waals surface area contributed by atoms with Crippen LogP contribution in [-0.4, -0.2) is 68.0 Å². The molecule has 1 aliphatic heterocycles. The minimum atomic E-state index is -0.0522. The Hall–Kier alpha value is -1.60. The highest BCUT2D eigenvalue weighted by molar-refractivity contribution is 9.10. The van der Waals surface area contributed by atoms with Crippen LogP contribution in [-0.2, 0) is 9.59 Å². The van der Waals surface area contributed by atoms with Gasteiger partial charge in [0.1, 0.15) is 5.75 Å². The first kappa shape index (κ1) is 16.8. The fourth-order valence-electron chi connectivity index (χ4n) is 2.24. The van der Waals surface area contributed by atoms with Gasteiger partial charge in [-0.3, -0.25) is 9.59 Å². The predicted octanol–water partition coefficient (Wildman–Crippen LogP) is 0.718. The van der Waals surface area contributed by atoms with Crippen LogP contribution in [0.4, 0.5) is 0 Å². The number of nitrogens with one attached hydrogen (secondary N) is 1. The molecule has 1 N–H and O–H groups in total. The quantitative estimate of drug-likeness (QED) is 0.830. The van der Waals surface area contributed by atoms with Crippen molar-refractivity contribution >= 4 is 27.7 Å². The summed E-state index contributed by atoms with van der Waals surface area (Å²) < 4.78 is 6.45. The molecular weight excluding hydrogens is 350 g/mol. The molecule has 1 aliphatic rings. The van der Waals surface area contributed by atoms with Gasteiger partial charge in [0.15, 0.2) is 6.61 Å². The first-order chi connectivity index (χ1) is 10.6. The van der Waals surface area contributed by atoms with Crippen molar-refractivity contribution in [1.82, 2.24) is 15.1 Å². The average molecular weight is 370 g/mol. The number of halogens is 1. The molecule has 22 heavy (non-hydrogen) atoms. The fraction of sp³-hybridized carbons (Fsp3) is 0.467. The molecule has 0 radical (unpaired) electrons. The van der Waals surface area contributed by atoms with Gasteiger partial charge in [-0.05, 0) is 31.3 Å². The number of nitrogens with zero attached hydrogens (tertiary/aromatic N) is 2. The molecule has 0 bridgehead atoms. The normalized spacial score (nSPS) is 14.8. The summed E-state index contributed by atoms with van der Waals surface area (Å²) in [6, 6.07) is 7.36. The molecule has 7 heteroatoms. The third kappa shape index (κ3) is 4.71. The Morgan fingerprint density at radius 1 is 1.09 bits per heavy atom. The molecule has 1 fully saturated rings. The molecule has 1 heterocycles. The van der Waals surface area contributed by atoms with Crippen molar-refractivity contribution in [3.05, 3.63) is 28.7 Å². The van der Waals surface area contributed by atoms with E-state index in [0.717, 1.165) is 4.47 Å². The largest absolute Gasteiger partial charge is 0.484 e. The van der Waals surface area contributed by atoms with Crippen LogP contribution in [0.15, 0.2) is 28.7 Å². The van der Waals surface area contributed by atoms with Crippen molar-refractivity contribution in [2.24, 2.45) is 0 Å². The second-order valence-corrected chi connectivity index (χ2v) is 5.95. The number of hydrogen-bond donors (Lipinski definition) is 1. The summed E-state index contributed by atoms with van der Waals surface area (Å²) in [7, 11) is 1.75. The molecule has 0 saturated carbocycles. The van der Waals surface area contributed by atoms with E-state index < -0.39 is 0 Å². The van der Waals surface area contributed by atoms with Crippen LogP contribution in [0.2, 0.25) is 0 Å². The standard InChI is InChI=1S/C15H20BrN3O3/c1-17-10-14(20)18-6-8-19(9-7-18)15(21)11-22-13-4-2-12(16)3-5-13/h2-5,17H,6-11H2,1H3. The summed E-state index contributed by atoms with van der Waals surface area (Å²) in [4.78, 5) is 27.4. The molecule has 0 spiro atoms. The van der Waals surface area contributed by atoms with E-state index in [0.29, 0.717) is 38.5 Å². The maximum absolute atomic E-state index is 12.1. The van der Waals surface area contributed by atoms with Crippen LogP contribution in [0.25, 0.3) is 0 Å². The molecule has 0 unspecified atom stereocenters. The highest BCUT2D eigenvalue weighted by Crippen LogP contribution is 2.16. The molecule has 2 amide bonds. The lowest BCUT2D eigenvalue weighted by molar-refractivity contribution is -0.140. The van der Waals surface area contributed by atoms with Crippen LogP contribution >= 0.6 is 15.9 Å². The maximum Gasteiger partial charge on any atom is 0.260 e. The van der Waals surface area contributed by atoms with Gasteiger partial charge < -0.3 is 19.9 Å². The molecule has 0 atom stereocenters. The minimum Gasteiger partial charge on any atom is -0.484 e. The van der Waals surface area contributed by atoms with Gasteiger partial charge in [0.2, 0.25) is 5.91 Å². The highest BCUT2D eigenvalue weighted by Gasteiger charge is 2.23. The van der Waals surface area contributed by atoms with E-state index in [1.165, 1.54) is 0 Å². The van der Waals surface area contributed by atoms with Crippen LogP contribution in [0.5, 0.6) is 5.75 Å². The summed E-state index contributed by atoms with van der Waals surface area (Å²) >= 11 is 3.35. The number of amides is 2. The second-order valence-electron chi connectivity index (χ2n) is 5.03. The Labute approximate surface area is 138 Å².